The van der Waals surface area contributed by atoms with Crippen molar-refractivity contribution < 1.29 is 9.84 Å². The number of tetrazole rings is 1. The largest absolute Gasteiger partial charge is 0.508 e. The summed E-state index contributed by atoms with van der Waals surface area (Å²) in [4.78, 5) is 2.42. The van der Waals surface area contributed by atoms with Gasteiger partial charge in [0.25, 0.3) is 0 Å². The van der Waals surface area contributed by atoms with E-state index >= 15 is 0 Å². The van der Waals surface area contributed by atoms with Crippen LogP contribution in [0.4, 0.5) is 0 Å². The number of benzene rings is 2. The molecule has 1 aromatic heterocycles. The van der Waals surface area contributed by atoms with Gasteiger partial charge in [-0.3, -0.25) is 4.90 Å². The smallest absolute Gasteiger partial charge is 0.340 e. The second-order valence-electron chi connectivity index (χ2n) is 6.91. The van der Waals surface area contributed by atoms with Crippen LogP contribution < -0.4 is 4.74 Å². The molecule has 0 amide bonds. The number of ether oxygens (including phenoxy) is 1. The summed E-state index contributed by atoms with van der Waals surface area (Å²) in [6, 6.07) is 17.7. The molecule has 0 aliphatic carbocycles. The summed E-state index contributed by atoms with van der Waals surface area (Å²) in [5.74, 6) is 0.818. The second-order valence-corrected chi connectivity index (χ2v) is 6.91. The molecular formula is C20H23N5O2. The number of rotatable bonds is 6. The molecule has 7 nitrogen and oxygen atoms in total. The van der Waals surface area contributed by atoms with Gasteiger partial charge in [-0.2, -0.15) is 4.68 Å². The molecule has 0 spiro atoms. The Labute approximate surface area is 158 Å². The number of piperidine rings is 1. The molecule has 1 aliphatic rings. The van der Waals surface area contributed by atoms with Crippen molar-refractivity contribution in [2.24, 2.45) is 5.92 Å². The lowest BCUT2D eigenvalue weighted by Gasteiger charge is -2.31. The first-order valence-electron chi connectivity index (χ1n) is 9.25. The fourth-order valence-electron chi connectivity index (χ4n) is 3.42. The minimum Gasteiger partial charge on any atom is -0.508 e. The quantitative estimate of drug-likeness (QED) is 0.724. The number of para-hydroxylation sites is 1. The summed E-state index contributed by atoms with van der Waals surface area (Å²) >= 11 is 0. The van der Waals surface area contributed by atoms with Gasteiger partial charge in [-0.05, 0) is 72.1 Å². The Balaban J connectivity index is 1.28. The van der Waals surface area contributed by atoms with E-state index in [0.717, 1.165) is 43.7 Å². The Bertz CT molecular complexity index is 860. The molecule has 0 unspecified atom stereocenters. The molecular weight excluding hydrogens is 342 g/mol. The van der Waals surface area contributed by atoms with Crippen molar-refractivity contribution in [2.45, 2.75) is 19.4 Å². The van der Waals surface area contributed by atoms with E-state index in [-0.39, 0.29) is 0 Å². The number of hydrogen-bond donors (Lipinski definition) is 1. The third-order valence-electron chi connectivity index (χ3n) is 4.91. The average molecular weight is 365 g/mol. The van der Waals surface area contributed by atoms with Crippen LogP contribution in [0.15, 0.2) is 54.6 Å². The standard InChI is InChI=1S/C20H23N5O2/c26-19-8-4-5-17(13-19)14-24-11-9-16(10-12-24)15-27-20-21-22-23-25(20)18-6-2-1-3-7-18/h1-8,13,16,26H,9-12,14-15H2. The Morgan fingerprint density at radius 2 is 1.85 bits per heavy atom. The lowest BCUT2D eigenvalue weighted by molar-refractivity contribution is 0.130. The van der Waals surface area contributed by atoms with Crippen LogP contribution in [0.25, 0.3) is 5.69 Å². The van der Waals surface area contributed by atoms with Crippen LogP contribution in [0, 0.1) is 5.92 Å². The fraction of sp³-hybridized carbons (Fsp3) is 0.350. The van der Waals surface area contributed by atoms with Crippen LogP contribution >= 0.6 is 0 Å². The maximum atomic E-state index is 9.60. The Kier molecular flexibility index (Phi) is 5.29. The number of hydrogen-bond acceptors (Lipinski definition) is 6. The molecule has 1 saturated heterocycles. The zero-order valence-corrected chi connectivity index (χ0v) is 15.1. The van der Waals surface area contributed by atoms with Crippen molar-refractivity contribution in [3.8, 4) is 17.4 Å². The van der Waals surface area contributed by atoms with Gasteiger partial charge in [0, 0.05) is 6.54 Å². The predicted molar refractivity (Wildman–Crippen MR) is 101 cm³/mol. The Morgan fingerprint density at radius 3 is 2.63 bits per heavy atom. The minimum atomic E-state index is 0.326. The minimum absolute atomic E-state index is 0.326. The molecule has 4 rings (SSSR count). The van der Waals surface area contributed by atoms with E-state index in [1.165, 1.54) is 0 Å². The normalized spacial score (nSPS) is 15.7. The summed E-state index contributed by atoms with van der Waals surface area (Å²) in [7, 11) is 0. The van der Waals surface area contributed by atoms with Crippen molar-refractivity contribution in [1.29, 1.82) is 0 Å². The molecule has 0 bridgehead atoms. The first-order chi connectivity index (χ1) is 13.3. The highest BCUT2D eigenvalue weighted by molar-refractivity contribution is 5.31. The van der Waals surface area contributed by atoms with E-state index in [2.05, 4.69) is 26.5 Å². The van der Waals surface area contributed by atoms with Crippen molar-refractivity contribution in [2.75, 3.05) is 19.7 Å². The third-order valence-corrected chi connectivity index (χ3v) is 4.91. The van der Waals surface area contributed by atoms with E-state index in [1.54, 1.807) is 10.7 Å². The van der Waals surface area contributed by atoms with Crippen LogP contribution in [0.5, 0.6) is 11.8 Å². The zero-order chi connectivity index (χ0) is 18.5. The summed E-state index contributed by atoms with van der Waals surface area (Å²) < 4.78 is 7.54. The lowest BCUT2D eigenvalue weighted by atomic mass is 9.97. The molecule has 7 heteroatoms. The number of nitrogens with zero attached hydrogens (tertiary/aromatic N) is 5. The number of phenols is 1. The van der Waals surface area contributed by atoms with Gasteiger partial charge in [0.2, 0.25) is 0 Å². The van der Waals surface area contributed by atoms with Crippen molar-refractivity contribution in [3.05, 3.63) is 60.2 Å². The first-order valence-corrected chi connectivity index (χ1v) is 9.25. The Hall–Kier alpha value is -2.93. The van der Waals surface area contributed by atoms with E-state index in [9.17, 15) is 5.11 Å². The summed E-state index contributed by atoms with van der Waals surface area (Å²) in [5, 5.41) is 21.4. The van der Waals surface area contributed by atoms with Gasteiger partial charge in [0.05, 0.1) is 12.3 Å². The second kappa shape index (κ2) is 8.18. The topological polar surface area (TPSA) is 76.3 Å². The van der Waals surface area contributed by atoms with Gasteiger partial charge in [0.1, 0.15) is 5.75 Å². The molecule has 27 heavy (non-hydrogen) atoms. The van der Waals surface area contributed by atoms with E-state index in [1.807, 2.05) is 42.5 Å². The molecule has 3 aromatic rings. The summed E-state index contributed by atoms with van der Waals surface area (Å²) in [6.07, 6.45) is 2.15. The highest BCUT2D eigenvalue weighted by atomic mass is 16.5. The molecule has 1 N–H and O–H groups in total. The number of phenolic OH excluding ortho intramolecular Hbond substituents is 1. The van der Waals surface area contributed by atoms with E-state index in [0.29, 0.717) is 24.3 Å². The van der Waals surface area contributed by atoms with Gasteiger partial charge in [0.15, 0.2) is 0 Å². The van der Waals surface area contributed by atoms with Gasteiger partial charge in [-0.15, -0.1) is 0 Å². The highest BCUT2D eigenvalue weighted by Crippen LogP contribution is 2.22. The number of aromatic hydroxyl groups is 1. The van der Waals surface area contributed by atoms with E-state index < -0.39 is 0 Å². The van der Waals surface area contributed by atoms with Gasteiger partial charge in [-0.25, -0.2) is 0 Å². The monoisotopic (exact) mass is 365 g/mol. The zero-order valence-electron chi connectivity index (χ0n) is 15.1. The maximum absolute atomic E-state index is 9.60. The third kappa shape index (κ3) is 4.43. The Morgan fingerprint density at radius 1 is 1.04 bits per heavy atom. The average Bonchev–Trinajstić information content (AvgIpc) is 3.17. The van der Waals surface area contributed by atoms with Crippen LogP contribution in [-0.2, 0) is 6.54 Å². The van der Waals surface area contributed by atoms with Crippen molar-refractivity contribution >= 4 is 0 Å². The SMILES string of the molecule is Oc1cccc(CN2CCC(COc3nnnn3-c3ccccc3)CC2)c1. The fourth-order valence-corrected chi connectivity index (χ4v) is 3.42. The molecule has 1 fully saturated rings. The predicted octanol–water partition coefficient (Wildman–Crippen LogP) is 2.66. The van der Waals surface area contributed by atoms with Crippen LogP contribution in [0.2, 0.25) is 0 Å². The number of aromatic nitrogens is 4. The molecule has 0 radical (unpaired) electrons. The van der Waals surface area contributed by atoms with Crippen LogP contribution in [-0.4, -0.2) is 49.9 Å². The molecule has 1 aliphatic heterocycles. The molecule has 2 aromatic carbocycles. The van der Waals surface area contributed by atoms with Crippen molar-refractivity contribution in [1.82, 2.24) is 25.1 Å². The highest BCUT2D eigenvalue weighted by Gasteiger charge is 2.21. The van der Waals surface area contributed by atoms with Gasteiger partial charge < -0.3 is 9.84 Å². The van der Waals surface area contributed by atoms with Gasteiger partial charge >= 0.3 is 6.01 Å². The summed E-state index contributed by atoms with van der Waals surface area (Å²) in [5.41, 5.74) is 2.03. The summed E-state index contributed by atoms with van der Waals surface area (Å²) in [6.45, 7) is 3.53. The molecule has 0 saturated carbocycles. The number of likely N-dealkylation sites (tertiary alicyclic amines) is 1. The first kappa shape index (κ1) is 17.5. The molecule has 0 atom stereocenters. The van der Waals surface area contributed by atoms with Crippen LogP contribution in [0.1, 0.15) is 18.4 Å². The maximum Gasteiger partial charge on any atom is 0.340 e. The van der Waals surface area contributed by atoms with Gasteiger partial charge in [-0.1, -0.05) is 35.4 Å². The lowest BCUT2D eigenvalue weighted by Crippen LogP contribution is -2.35. The molecule has 140 valence electrons. The van der Waals surface area contributed by atoms with Crippen LogP contribution in [0.3, 0.4) is 0 Å². The van der Waals surface area contributed by atoms with E-state index in [4.69, 9.17) is 4.74 Å². The molecule has 2 heterocycles. The van der Waals surface area contributed by atoms with Crippen molar-refractivity contribution in [3.63, 3.8) is 0 Å².